The molecule has 0 radical (unpaired) electrons. The lowest BCUT2D eigenvalue weighted by Gasteiger charge is -2.38. The molecule has 5 heteroatoms. The van der Waals surface area contributed by atoms with E-state index in [1.807, 2.05) is 0 Å². The number of phenols is 1. The molecular formula is C12H13ClO4. The number of ether oxygens (including phenoxy) is 1. The van der Waals surface area contributed by atoms with E-state index in [-0.39, 0.29) is 16.5 Å². The first-order valence-corrected chi connectivity index (χ1v) is 5.69. The van der Waals surface area contributed by atoms with Gasteiger partial charge < -0.3 is 14.9 Å². The van der Waals surface area contributed by atoms with Crippen LogP contribution in [-0.4, -0.2) is 23.3 Å². The lowest BCUT2D eigenvalue weighted by molar-refractivity contribution is -0.147. The maximum Gasteiger partial charge on any atom is 0.314 e. The van der Waals surface area contributed by atoms with Crippen LogP contribution in [0.2, 0.25) is 5.02 Å². The second-order valence-electron chi connectivity index (χ2n) is 4.24. The second kappa shape index (κ2) is 4.11. The Morgan fingerprint density at radius 2 is 2.12 bits per heavy atom. The van der Waals surface area contributed by atoms with Crippen molar-refractivity contribution in [3.8, 4) is 11.5 Å². The summed E-state index contributed by atoms with van der Waals surface area (Å²) in [6.45, 7) is 0. The van der Waals surface area contributed by atoms with Crippen molar-refractivity contribution in [1.29, 1.82) is 0 Å². The van der Waals surface area contributed by atoms with Gasteiger partial charge in [0.05, 0.1) is 12.5 Å². The van der Waals surface area contributed by atoms with Gasteiger partial charge >= 0.3 is 5.97 Å². The van der Waals surface area contributed by atoms with E-state index in [4.69, 9.17) is 16.3 Å². The van der Waals surface area contributed by atoms with Crippen molar-refractivity contribution in [1.82, 2.24) is 0 Å². The molecular weight excluding hydrogens is 244 g/mol. The summed E-state index contributed by atoms with van der Waals surface area (Å²) in [4.78, 5) is 11.4. The summed E-state index contributed by atoms with van der Waals surface area (Å²) in [6, 6.07) is 2.85. The zero-order valence-corrected chi connectivity index (χ0v) is 10.1. The Kier molecular flexibility index (Phi) is 2.91. The largest absolute Gasteiger partial charge is 0.504 e. The van der Waals surface area contributed by atoms with E-state index in [9.17, 15) is 15.0 Å². The van der Waals surface area contributed by atoms with Crippen LogP contribution in [0.3, 0.4) is 0 Å². The van der Waals surface area contributed by atoms with Crippen LogP contribution in [0.4, 0.5) is 0 Å². The third-order valence-electron chi connectivity index (χ3n) is 3.40. The highest BCUT2D eigenvalue weighted by molar-refractivity contribution is 6.32. The van der Waals surface area contributed by atoms with Crippen molar-refractivity contribution >= 4 is 17.6 Å². The Balaban J connectivity index is 2.54. The molecule has 1 fully saturated rings. The van der Waals surface area contributed by atoms with Gasteiger partial charge in [-0.2, -0.15) is 0 Å². The monoisotopic (exact) mass is 256 g/mol. The van der Waals surface area contributed by atoms with E-state index < -0.39 is 11.4 Å². The molecule has 0 aliphatic heterocycles. The number of benzene rings is 1. The number of phenolic OH excluding ortho intramolecular Hbond substituents is 1. The molecule has 2 rings (SSSR count). The predicted octanol–water partition coefficient (Wildman–Crippen LogP) is 2.56. The van der Waals surface area contributed by atoms with Gasteiger partial charge in [0.1, 0.15) is 0 Å². The number of hydrogen-bond donors (Lipinski definition) is 2. The first-order valence-electron chi connectivity index (χ1n) is 5.31. The van der Waals surface area contributed by atoms with Crippen molar-refractivity contribution in [3.63, 3.8) is 0 Å². The van der Waals surface area contributed by atoms with Gasteiger partial charge in [0, 0.05) is 11.1 Å². The summed E-state index contributed by atoms with van der Waals surface area (Å²) in [6.07, 6.45) is 2.00. The number of carboxylic acids is 1. The van der Waals surface area contributed by atoms with Gasteiger partial charge in [-0.1, -0.05) is 18.0 Å². The first kappa shape index (κ1) is 12.0. The molecule has 0 heterocycles. The number of aliphatic carboxylic acids is 1. The van der Waals surface area contributed by atoms with Gasteiger partial charge in [-0.05, 0) is 24.5 Å². The van der Waals surface area contributed by atoms with Crippen LogP contribution in [0, 0.1) is 0 Å². The minimum absolute atomic E-state index is 0.0823. The number of carboxylic acid groups (broad SMARTS) is 1. The van der Waals surface area contributed by atoms with Gasteiger partial charge in [0.15, 0.2) is 11.5 Å². The molecule has 92 valence electrons. The summed E-state index contributed by atoms with van der Waals surface area (Å²) in [5.41, 5.74) is -0.398. The molecule has 17 heavy (non-hydrogen) atoms. The minimum atomic E-state index is -0.919. The van der Waals surface area contributed by atoms with Crippen LogP contribution in [0.5, 0.6) is 11.5 Å². The average Bonchev–Trinajstić information content (AvgIpc) is 2.18. The fourth-order valence-corrected chi connectivity index (χ4v) is 2.54. The van der Waals surface area contributed by atoms with E-state index in [2.05, 4.69) is 0 Å². The van der Waals surface area contributed by atoms with E-state index in [0.29, 0.717) is 18.4 Å². The van der Waals surface area contributed by atoms with Crippen LogP contribution in [0.25, 0.3) is 0 Å². The number of aromatic hydroxyl groups is 1. The minimum Gasteiger partial charge on any atom is -0.504 e. The predicted molar refractivity (Wildman–Crippen MR) is 62.8 cm³/mol. The first-order chi connectivity index (χ1) is 8.01. The zero-order chi connectivity index (χ0) is 12.6. The zero-order valence-electron chi connectivity index (χ0n) is 9.36. The number of carbonyl (C=O) groups is 1. The quantitative estimate of drug-likeness (QED) is 0.872. The number of rotatable bonds is 3. The molecule has 0 atom stereocenters. The Hall–Kier alpha value is -1.42. The fraction of sp³-hybridized carbons (Fsp3) is 0.417. The third kappa shape index (κ3) is 1.72. The second-order valence-corrected chi connectivity index (χ2v) is 4.65. The Morgan fingerprint density at radius 3 is 2.53 bits per heavy atom. The smallest absolute Gasteiger partial charge is 0.314 e. The number of hydrogen-bond acceptors (Lipinski definition) is 3. The van der Waals surface area contributed by atoms with E-state index in [1.54, 1.807) is 0 Å². The number of methoxy groups -OCH3 is 1. The standard InChI is InChI=1S/C12H13ClO4/c1-17-10-5-7(8(13)6-9(10)14)12(11(15)16)3-2-4-12/h5-6,14H,2-4H2,1H3,(H,15,16). The Morgan fingerprint density at radius 1 is 1.47 bits per heavy atom. The van der Waals surface area contributed by atoms with Gasteiger partial charge in [-0.25, -0.2) is 0 Å². The van der Waals surface area contributed by atoms with E-state index in [1.165, 1.54) is 19.2 Å². The molecule has 0 aromatic heterocycles. The fourth-order valence-electron chi connectivity index (χ4n) is 2.20. The molecule has 1 aromatic carbocycles. The molecule has 1 aliphatic rings. The molecule has 2 N–H and O–H groups in total. The molecule has 0 amide bonds. The van der Waals surface area contributed by atoms with Crippen LogP contribution >= 0.6 is 11.6 Å². The van der Waals surface area contributed by atoms with Gasteiger partial charge in [0.25, 0.3) is 0 Å². The highest BCUT2D eigenvalue weighted by atomic mass is 35.5. The Labute approximate surface area is 104 Å². The van der Waals surface area contributed by atoms with Crippen LogP contribution in [-0.2, 0) is 10.2 Å². The summed E-state index contributed by atoms with van der Waals surface area (Å²) in [5.74, 6) is -0.712. The highest BCUT2D eigenvalue weighted by Gasteiger charge is 2.47. The normalized spacial score (nSPS) is 17.3. The molecule has 0 unspecified atom stereocenters. The van der Waals surface area contributed by atoms with Crippen molar-refractivity contribution < 1.29 is 19.7 Å². The molecule has 0 spiro atoms. The maximum atomic E-state index is 11.4. The van der Waals surface area contributed by atoms with Crippen molar-refractivity contribution in [3.05, 3.63) is 22.7 Å². The number of halogens is 1. The van der Waals surface area contributed by atoms with Gasteiger partial charge in [-0.3, -0.25) is 4.79 Å². The van der Waals surface area contributed by atoms with E-state index >= 15 is 0 Å². The Bertz CT molecular complexity index is 466. The highest BCUT2D eigenvalue weighted by Crippen LogP contribution is 2.48. The maximum absolute atomic E-state index is 11.4. The van der Waals surface area contributed by atoms with E-state index in [0.717, 1.165) is 6.42 Å². The lowest BCUT2D eigenvalue weighted by Crippen LogP contribution is -2.42. The summed E-state index contributed by atoms with van der Waals surface area (Å²) in [7, 11) is 1.42. The van der Waals surface area contributed by atoms with Crippen LogP contribution in [0.1, 0.15) is 24.8 Å². The molecule has 1 saturated carbocycles. The molecule has 0 saturated heterocycles. The van der Waals surface area contributed by atoms with Gasteiger partial charge in [0.2, 0.25) is 0 Å². The summed E-state index contributed by atoms with van der Waals surface area (Å²) < 4.78 is 4.98. The molecule has 4 nitrogen and oxygen atoms in total. The third-order valence-corrected chi connectivity index (χ3v) is 3.71. The summed E-state index contributed by atoms with van der Waals surface area (Å²) in [5, 5.41) is 19.2. The molecule has 1 aliphatic carbocycles. The topological polar surface area (TPSA) is 66.8 Å². The van der Waals surface area contributed by atoms with Crippen molar-refractivity contribution in [2.75, 3.05) is 7.11 Å². The SMILES string of the molecule is COc1cc(C2(C(=O)O)CCC2)c(Cl)cc1O. The van der Waals surface area contributed by atoms with Crippen LogP contribution < -0.4 is 4.74 Å². The van der Waals surface area contributed by atoms with Gasteiger partial charge in [-0.15, -0.1) is 0 Å². The molecule has 1 aromatic rings. The van der Waals surface area contributed by atoms with Crippen LogP contribution in [0.15, 0.2) is 12.1 Å². The molecule has 0 bridgehead atoms. The van der Waals surface area contributed by atoms with Crippen molar-refractivity contribution in [2.24, 2.45) is 0 Å². The lowest BCUT2D eigenvalue weighted by atomic mass is 9.64. The summed E-state index contributed by atoms with van der Waals surface area (Å²) >= 11 is 6.02. The van der Waals surface area contributed by atoms with Crippen molar-refractivity contribution in [2.45, 2.75) is 24.7 Å². The average molecular weight is 257 g/mol.